The van der Waals surface area contributed by atoms with Crippen LogP contribution in [0, 0.1) is 0 Å². The lowest BCUT2D eigenvalue weighted by Crippen LogP contribution is -2.08. The first-order valence-corrected chi connectivity index (χ1v) is 6.77. The lowest BCUT2D eigenvalue weighted by atomic mass is 10.0. The summed E-state index contributed by atoms with van der Waals surface area (Å²) in [4.78, 5) is 18.4. The van der Waals surface area contributed by atoms with E-state index in [0.717, 1.165) is 29.8 Å². The van der Waals surface area contributed by atoms with Crippen molar-refractivity contribution in [2.75, 3.05) is 6.61 Å². The molecule has 4 heteroatoms. The van der Waals surface area contributed by atoms with E-state index >= 15 is 0 Å². The molecule has 2 aromatic heterocycles. The predicted octanol–water partition coefficient (Wildman–Crippen LogP) is 3.31. The van der Waals surface area contributed by atoms with Crippen LogP contribution in [-0.4, -0.2) is 22.5 Å². The van der Waals surface area contributed by atoms with Crippen LogP contribution in [0.4, 0.5) is 0 Å². The number of hydrogen-bond donors (Lipinski definition) is 2. The van der Waals surface area contributed by atoms with Gasteiger partial charge < -0.3 is 14.7 Å². The van der Waals surface area contributed by atoms with Crippen molar-refractivity contribution >= 4 is 5.97 Å². The molecular formula is C15H20N2O2. The van der Waals surface area contributed by atoms with Gasteiger partial charge in [-0.25, -0.2) is 4.79 Å². The van der Waals surface area contributed by atoms with E-state index < -0.39 is 0 Å². The highest BCUT2D eigenvalue weighted by Gasteiger charge is 2.21. The number of ether oxygens (including phenoxy) is 1. The first-order chi connectivity index (χ1) is 9.22. The summed E-state index contributed by atoms with van der Waals surface area (Å²) in [5.41, 5.74) is 4.83. The molecule has 0 fully saturated rings. The molecule has 0 aromatic carbocycles. The van der Waals surface area contributed by atoms with Gasteiger partial charge in [-0.15, -0.1) is 0 Å². The topological polar surface area (TPSA) is 57.9 Å². The first-order valence-electron chi connectivity index (χ1n) is 6.77. The van der Waals surface area contributed by atoms with Gasteiger partial charge in [-0.2, -0.15) is 0 Å². The standard InChI is InChI=1S/C15H20N2O2/c1-4-10-11(5-2)14(15(18)19-6-3)17-13(10)12-8-7-9-16-12/h7-9,16-17H,4-6H2,1-3H3. The Bertz CT molecular complexity index is 553. The minimum atomic E-state index is -0.271. The van der Waals surface area contributed by atoms with Crippen molar-refractivity contribution in [2.45, 2.75) is 33.6 Å². The number of aromatic amines is 2. The molecule has 102 valence electrons. The zero-order chi connectivity index (χ0) is 13.8. The molecule has 2 N–H and O–H groups in total. The molecule has 0 aliphatic heterocycles. The van der Waals surface area contributed by atoms with Crippen LogP contribution in [0.2, 0.25) is 0 Å². The zero-order valence-corrected chi connectivity index (χ0v) is 11.7. The van der Waals surface area contributed by atoms with Gasteiger partial charge in [-0.05, 0) is 43.0 Å². The lowest BCUT2D eigenvalue weighted by molar-refractivity contribution is 0.0519. The molecule has 0 spiro atoms. The fourth-order valence-electron chi connectivity index (χ4n) is 2.45. The first kappa shape index (κ1) is 13.5. The van der Waals surface area contributed by atoms with Gasteiger partial charge in [0.05, 0.1) is 18.0 Å². The van der Waals surface area contributed by atoms with Gasteiger partial charge >= 0.3 is 5.97 Å². The quantitative estimate of drug-likeness (QED) is 0.810. The number of aromatic nitrogens is 2. The SMILES string of the molecule is CCOC(=O)c1[nH]c(-c2ccc[nH]2)c(CC)c1CC. The van der Waals surface area contributed by atoms with Gasteiger partial charge in [0.2, 0.25) is 0 Å². The molecule has 0 saturated heterocycles. The summed E-state index contributed by atoms with van der Waals surface area (Å²) in [6.07, 6.45) is 3.58. The van der Waals surface area contributed by atoms with E-state index in [9.17, 15) is 4.79 Å². The molecule has 0 aliphatic carbocycles. The van der Waals surface area contributed by atoms with E-state index in [2.05, 4.69) is 23.8 Å². The second-order valence-electron chi connectivity index (χ2n) is 4.34. The Hall–Kier alpha value is -1.97. The minimum absolute atomic E-state index is 0.271. The predicted molar refractivity (Wildman–Crippen MR) is 75.3 cm³/mol. The number of carbonyl (C=O) groups is 1. The normalized spacial score (nSPS) is 10.7. The van der Waals surface area contributed by atoms with E-state index in [1.54, 1.807) is 0 Å². The van der Waals surface area contributed by atoms with Crippen LogP contribution in [0.3, 0.4) is 0 Å². The molecule has 0 amide bonds. The molecule has 0 radical (unpaired) electrons. The molecule has 0 saturated carbocycles. The third-order valence-corrected chi connectivity index (χ3v) is 3.27. The van der Waals surface area contributed by atoms with Gasteiger partial charge in [-0.1, -0.05) is 13.8 Å². The van der Waals surface area contributed by atoms with E-state index in [1.807, 2.05) is 25.3 Å². The summed E-state index contributed by atoms with van der Waals surface area (Å²) >= 11 is 0. The Kier molecular flexibility index (Phi) is 4.10. The summed E-state index contributed by atoms with van der Waals surface area (Å²) in [5, 5.41) is 0. The smallest absolute Gasteiger partial charge is 0.355 e. The average molecular weight is 260 g/mol. The number of H-pyrrole nitrogens is 2. The molecule has 0 bridgehead atoms. The van der Waals surface area contributed by atoms with Crippen LogP contribution in [-0.2, 0) is 17.6 Å². The van der Waals surface area contributed by atoms with Crippen LogP contribution in [0.25, 0.3) is 11.4 Å². The van der Waals surface area contributed by atoms with Crippen LogP contribution in [0.1, 0.15) is 42.4 Å². The molecule has 0 unspecified atom stereocenters. The number of rotatable bonds is 5. The minimum Gasteiger partial charge on any atom is -0.461 e. The lowest BCUT2D eigenvalue weighted by Gasteiger charge is -2.03. The fourth-order valence-corrected chi connectivity index (χ4v) is 2.45. The van der Waals surface area contributed by atoms with Gasteiger partial charge in [0.1, 0.15) is 5.69 Å². The molecule has 19 heavy (non-hydrogen) atoms. The third kappa shape index (κ3) is 2.43. The van der Waals surface area contributed by atoms with Crippen molar-refractivity contribution < 1.29 is 9.53 Å². The van der Waals surface area contributed by atoms with Gasteiger partial charge in [0.25, 0.3) is 0 Å². The number of hydrogen-bond acceptors (Lipinski definition) is 2. The van der Waals surface area contributed by atoms with E-state index in [4.69, 9.17) is 4.74 Å². The van der Waals surface area contributed by atoms with Gasteiger partial charge in [0.15, 0.2) is 0 Å². The Morgan fingerprint density at radius 2 is 1.95 bits per heavy atom. The maximum atomic E-state index is 12.0. The van der Waals surface area contributed by atoms with Crippen molar-refractivity contribution in [3.63, 3.8) is 0 Å². The Morgan fingerprint density at radius 1 is 1.21 bits per heavy atom. The molecule has 2 aromatic rings. The van der Waals surface area contributed by atoms with Crippen LogP contribution < -0.4 is 0 Å². The second-order valence-corrected chi connectivity index (χ2v) is 4.34. The summed E-state index contributed by atoms with van der Waals surface area (Å²) in [6, 6.07) is 3.95. The van der Waals surface area contributed by atoms with Crippen LogP contribution in [0.15, 0.2) is 18.3 Å². The van der Waals surface area contributed by atoms with Crippen LogP contribution in [0.5, 0.6) is 0 Å². The average Bonchev–Trinajstić information content (AvgIpc) is 3.04. The Labute approximate surface area is 113 Å². The highest BCUT2D eigenvalue weighted by atomic mass is 16.5. The Balaban J connectivity index is 2.53. The summed E-state index contributed by atoms with van der Waals surface area (Å²) < 4.78 is 5.12. The molecular weight excluding hydrogens is 240 g/mol. The molecule has 4 nitrogen and oxygen atoms in total. The van der Waals surface area contributed by atoms with Crippen molar-refractivity contribution in [2.24, 2.45) is 0 Å². The van der Waals surface area contributed by atoms with E-state index in [-0.39, 0.29) is 5.97 Å². The summed E-state index contributed by atoms with van der Waals surface area (Å²) in [6.45, 7) is 6.37. The molecule has 0 atom stereocenters. The molecule has 2 heterocycles. The van der Waals surface area contributed by atoms with Crippen molar-refractivity contribution in [1.82, 2.24) is 9.97 Å². The van der Waals surface area contributed by atoms with E-state index in [0.29, 0.717) is 12.3 Å². The fraction of sp³-hybridized carbons (Fsp3) is 0.400. The monoisotopic (exact) mass is 260 g/mol. The summed E-state index contributed by atoms with van der Waals surface area (Å²) in [5.74, 6) is -0.271. The van der Waals surface area contributed by atoms with Crippen molar-refractivity contribution in [3.8, 4) is 11.4 Å². The highest BCUT2D eigenvalue weighted by Crippen LogP contribution is 2.28. The Morgan fingerprint density at radius 3 is 2.47 bits per heavy atom. The maximum absolute atomic E-state index is 12.0. The maximum Gasteiger partial charge on any atom is 0.355 e. The third-order valence-electron chi connectivity index (χ3n) is 3.27. The molecule has 2 rings (SSSR count). The number of carbonyl (C=O) groups excluding carboxylic acids is 1. The largest absolute Gasteiger partial charge is 0.461 e. The van der Waals surface area contributed by atoms with Gasteiger partial charge in [-0.3, -0.25) is 0 Å². The second kappa shape index (κ2) is 5.78. The van der Waals surface area contributed by atoms with E-state index in [1.165, 1.54) is 5.56 Å². The summed E-state index contributed by atoms with van der Waals surface area (Å²) in [7, 11) is 0. The number of nitrogens with one attached hydrogen (secondary N) is 2. The molecule has 0 aliphatic rings. The van der Waals surface area contributed by atoms with Crippen LogP contribution >= 0.6 is 0 Å². The van der Waals surface area contributed by atoms with Crippen molar-refractivity contribution in [3.05, 3.63) is 35.2 Å². The zero-order valence-electron chi connectivity index (χ0n) is 11.7. The number of esters is 1. The highest BCUT2D eigenvalue weighted by molar-refractivity contribution is 5.91. The van der Waals surface area contributed by atoms with Gasteiger partial charge in [0, 0.05) is 6.20 Å². The van der Waals surface area contributed by atoms with Crippen molar-refractivity contribution in [1.29, 1.82) is 0 Å².